The highest BCUT2D eigenvalue weighted by molar-refractivity contribution is 9.08. The summed E-state index contributed by atoms with van der Waals surface area (Å²) in [6, 6.07) is 5.12. The van der Waals surface area contributed by atoms with Gasteiger partial charge in [0.15, 0.2) is 0 Å². The predicted octanol–water partition coefficient (Wildman–Crippen LogP) is 2.59. The number of aryl methyl sites for hydroxylation is 1. The molecule has 1 aromatic carbocycles. The predicted molar refractivity (Wildman–Crippen MR) is 50.8 cm³/mol. The zero-order valence-electron chi connectivity index (χ0n) is 6.67. The van der Waals surface area contributed by atoms with Crippen molar-refractivity contribution in [2.75, 3.05) is 0 Å². The molecule has 0 atom stereocenters. The molecule has 1 N–H and O–H groups in total. The minimum atomic E-state index is -0.876. The van der Waals surface area contributed by atoms with Gasteiger partial charge in [0.25, 0.3) is 0 Å². The Hall–Kier alpha value is -0.830. The Kier molecular flexibility index (Phi) is 2.87. The van der Waals surface area contributed by atoms with E-state index in [4.69, 9.17) is 5.11 Å². The lowest BCUT2D eigenvalue weighted by molar-refractivity contribution is 0.0697. The fourth-order valence-corrected chi connectivity index (χ4v) is 1.61. The van der Waals surface area contributed by atoms with Gasteiger partial charge in [0, 0.05) is 5.33 Å². The third kappa shape index (κ3) is 1.85. The molecule has 0 saturated heterocycles. The van der Waals surface area contributed by atoms with Crippen LogP contribution in [0.2, 0.25) is 0 Å². The third-order valence-corrected chi connectivity index (χ3v) is 2.34. The first-order valence-electron chi connectivity index (χ1n) is 3.54. The van der Waals surface area contributed by atoms with Crippen molar-refractivity contribution < 1.29 is 9.90 Å². The SMILES string of the molecule is Cc1cc(C(=O)O)ccc1CBr. The maximum Gasteiger partial charge on any atom is 0.335 e. The van der Waals surface area contributed by atoms with Crippen LogP contribution < -0.4 is 0 Å². The highest BCUT2D eigenvalue weighted by atomic mass is 79.9. The Morgan fingerprint density at radius 3 is 2.67 bits per heavy atom. The molecule has 0 aliphatic rings. The molecule has 0 saturated carbocycles. The Morgan fingerprint density at radius 1 is 1.58 bits per heavy atom. The second-order valence-corrected chi connectivity index (χ2v) is 3.14. The van der Waals surface area contributed by atoms with Gasteiger partial charge in [0.05, 0.1) is 5.56 Å². The number of carboxylic acid groups (broad SMARTS) is 1. The molecule has 0 aliphatic heterocycles. The molecule has 0 radical (unpaired) electrons. The summed E-state index contributed by atoms with van der Waals surface area (Å²) in [7, 11) is 0. The zero-order chi connectivity index (χ0) is 9.14. The molecule has 0 aliphatic carbocycles. The van der Waals surface area contributed by atoms with Crippen molar-refractivity contribution in [3.05, 3.63) is 34.9 Å². The Labute approximate surface area is 79.3 Å². The fraction of sp³-hybridized carbons (Fsp3) is 0.222. The van der Waals surface area contributed by atoms with E-state index in [0.29, 0.717) is 5.56 Å². The molecular weight excluding hydrogens is 220 g/mol. The number of rotatable bonds is 2. The van der Waals surface area contributed by atoms with Crippen LogP contribution in [0.1, 0.15) is 21.5 Å². The Balaban J connectivity index is 3.10. The van der Waals surface area contributed by atoms with Crippen molar-refractivity contribution in [1.82, 2.24) is 0 Å². The zero-order valence-corrected chi connectivity index (χ0v) is 8.26. The molecule has 0 fully saturated rings. The van der Waals surface area contributed by atoms with E-state index < -0.39 is 5.97 Å². The third-order valence-electron chi connectivity index (χ3n) is 1.73. The highest BCUT2D eigenvalue weighted by Crippen LogP contribution is 2.13. The van der Waals surface area contributed by atoms with E-state index in [0.717, 1.165) is 16.5 Å². The monoisotopic (exact) mass is 228 g/mol. The molecule has 12 heavy (non-hydrogen) atoms. The lowest BCUT2D eigenvalue weighted by atomic mass is 10.1. The van der Waals surface area contributed by atoms with E-state index in [9.17, 15) is 4.79 Å². The molecule has 0 aromatic heterocycles. The van der Waals surface area contributed by atoms with Gasteiger partial charge in [-0.2, -0.15) is 0 Å². The van der Waals surface area contributed by atoms with E-state index in [1.54, 1.807) is 12.1 Å². The van der Waals surface area contributed by atoms with Crippen molar-refractivity contribution in [2.45, 2.75) is 12.3 Å². The van der Waals surface area contributed by atoms with Gasteiger partial charge in [-0.25, -0.2) is 4.79 Å². The second-order valence-electron chi connectivity index (χ2n) is 2.58. The van der Waals surface area contributed by atoms with E-state index in [-0.39, 0.29) is 0 Å². The van der Waals surface area contributed by atoms with Crippen LogP contribution in [0.4, 0.5) is 0 Å². The van der Waals surface area contributed by atoms with Crippen LogP contribution in [0.15, 0.2) is 18.2 Å². The quantitative estimate of drug-likeness (QED) is 0.791. The summed E-state index contributed by atoms with van der Waals surface area (Å²) in [6.07, 6.45) is 0. The van der Waals surface area contributed by atoms with Crippen LogP contribution in [0.25, 0.3) is 0 Å². The summed E-state index contributed by atoms with van der Waals surface area (Å²) in [5, 5.41) is 9.42. The van der Waals surface area contributed by atoms with Gasteiger partial charge in [-0.15, -0.1) is 0 Å². The van der Waals surface area contributed by atoms with Crippen LogP contribution in [0.3, 0.4) is 0 Å². The van der Waals surface area contributed by atoms with Crippen molar-refractivity contribution in [3.63, 3.8) is 0 Å². The maximum absolute atomic E-state index is 10.5. The second kappa shape index (κ2) is 3.72. The van der Waals surface area contributed by atoms with Gasteiger partial charge in [0.2, 0.25) is 0 Å². The van der Waals surface area contributed by atoms with Gasteiger partial charge in [-0.3, -0.25) is 0 Å². The summed E-state index contributed by atoms with van der Waals surface area (Å²) >= 11 is 3.32. The molecule has 0 bridgehead atoms. The molecular formula is C9H9BrO2. The molecule has 1 aromatic rings. The van der Waals surface area contributed by atoms with Crippen LogP contribution in [-0.4, -0.2) is 11.1 Å². The van der Waals surface area contributed by atoms with Crippen molar-refractivity contribution in [2.24, 2.45) is 0 Å². The molecule has 2 nitrogen and oxygen atoms in total. The van der Waals surface area contributed by atoms with Gasteiger partial charge < -0.3 is 5.11 Å². The number of hydrogen-bond donors (Lipinski definition) is 1. The van der Waals surface area contributed by atoms with E-state index >= 15 is 0 Å². The average Bonchev–Trinajstić information content (AvgIpc) is 2.04. The lowest BCUT2D eigenvalue weighted by Crippen LogP contribution is -1.97. The number of carboxylic acids is 1. The van der Waals surface area contributed by atoms with Gasteiger partial charge in [-0.1, -0.05) is 22.0 Å². The summed E-state index contributed by atoms with van der Waals surface area (Å²) in [4.78, 5) is 10.5. The number of benzene rings is 1. The van der Waals surface area contributed by atoms with Crippen LogP contribution in [-0.2, 0) is 5.33 Å². The average molecular weight is 229 g/mol. The number of aromatic carboxylic acids is 1. The van der Waals surface area contributed by atoms with Gasteiger partial charge >= 0.3 is 5.97 Å². The van der Waals surface area contributed by atoms with E-state index in [1.165, 1.54) is 0 Å². The van der Waals surface area contributed by atoms with Crippen LogP contribution in [0, 0.1) is 6.92 Å². The largest absolute Gasteiger partial charge is 0.478 e. The van der Waals surface area contributed by atoms with E-state index in [1.807, 2.05) is 13.0 Å². The molecule has 64 valence electrons. The van der Waals surface area contributed by atoms with Gasteiger partial charge in [0.1, 0.15) is 0 Å². The molecule has 0 unspecified atom stereocenters. The molecule has 0 heterocycles. The summed E-state index contributed by atoms with van der Waals surface area (Å²) in [5.41, 5.74) is 2.48. The summed E-state index contributed by atoms with van der Waals surface area (Å²) < 4.78 is 0. The number of alkyl halides is 1. The molecule has 0 amide bonds. The standard InChI is InChI=1S/C9H9BrO2/c1-6-4-7(9(11)12)2-3-8(6)5-10/h2-4H,5H2,1H3,(H,11,12). The normalized spacial score (nSPS) is 9.83. The van der Waals surface area contributed by atoms with Crippen molar-refractivity contribution >= 4 is 21.9 Å². The first kappa shape index (κ1) is 9.26. The highest BCUT2D eigenvalue weighted by Gasteiger charge is 2.03. The smallest absolute Gasteiger partial charge is 0.335 e. The molecule has 3 heteroatoms. The molecule has 0 spiro atoms. The minimum absolute atomic E-state index is 0.345. The number of halogens is 1. The van der Waals surface area contributed by atoms with E-state index in [2.05, 4.69) is 15.9 Å². The first-order chi connectivity index (χ1) is 5.65. The van der Waals surface area contributed by atoms with Crippen LogP contribution in [0.5, 0.6) is 0 Å². The Bertz CT molecular complexity index is 307. The van der Waals surface area contributed by atoms with Crippen molar-refractivity contribution in [3.8, 4) is 0 Å². The molecule has 1 rings (SSSR count). The topological polar surface area (TPSA) is 37.3 Å². The minimum Gasteiger partial charge on any atom is -0.478 e. The van der Waals surface area contributed by atoms with Crippen molar-refractivity contribution in [1.29, 1.82) is 0 Å². The number of hydrogen-bond acceptors (Lipinski definition) is 1. The summed E-state index contributed by atoms with van der Waals surface area (Å²) in [6.45, 7) is 1.91. The van der Waals surface area contributed by atoms with Crippen LogP contribution >= 0.6 is 15.9 Å². The lowest BCUT2D eigenvalue weighted by Gasteiger charge is -2.02. The van der Waals surface area contributed by atoms with Gasteiger partial charge in [-0.05, 0) is 30.2 Å². The first-order valence-corrected chi connectivity index (χ1v) is 4.66. The maximum atomic E-state index is 10.5. The summed E-state index contributed by atoms with van der Waals surface area (Å²) in [5.74, 6) is -0.876. The fourth-order valence-electron chi connectivity index (χ4n) is 0.979. The Morgan fingerprint density at radius 2 is 2.25 bits per heavy atom. The number of carbonyl (C=O) groups is 1.